The number of carbonyl (C=O) groups is 1. The quantitative estimate of drug-likeness (QED) is 0.742. The van der Waals surface area contributed by atoms with Crippen LogP contribution in [0.1, 0.15) is 15.9 Å². The molecule has 0 spiro atoms. The maximum Gasteiger partial charge on any atom is 0.248 e. The van der Waals surface area contributed by atoms with Gasteiger partial charge in [0.25, 0.3) is 0 Å². The fourth-order valence-corrected chi connectivity index (χ4v) is 2.86. The summed E-state index contributed by atoms with van der Waals surface area (Å²) in [6.07, 6.45) is 8.74. The summed E-state index contributed by atoms with van der Waals surface area (Å²) >= 11 is 0. The van der Waals surface area contributed by atoms with Crippen molar-refractivity contribution in [2.24, 2.45) is 5.73 Å². The molecular weight excluding hydrogens is 262 g/mol. The van der Waals surface area contributed by atoms with E-state index in [1.54, 1.807) is 6.07 Å². The van der Waals surface area contributed by atoms with Gasteiger partial charge in [0, 0.05) is 35.1 Å². The Morgan fingerprint density at radius 2 is 2.14 bits per heavy atom. The van der Waals surface area contributed by atoms with E-state index in [-0.39, 0.29) is 0 Å². The molecule has 1 aliphatic heterocycles. The minimum Gasteiger partial charge on any atom is -0.366 e. The van der Waals surface area contributed by atoms with Crippen LogP contribution < -0.4 is 5.73 Å². The van der Waals surface area contributed by atoms with E-state index in [9.17, 15) is 4.79 Å². The van der Waals surface area contributed by atoms with Crippen LogP contribution in [-0.4, -0.2) is 15.5 Å². The van der Waals surface area contributed by atoms with Crippen LogP contribution >= 0.6 is 0 Å². The summed E-state index contributed by atoms with van der Waals surface area (Å²) in [4.78, 5) is 15.6. The SMILES string of the molecule is NC(=O)c1ccc2cc3n(c2c1)C=CCc1ccncc1-3. The first kappa shape index (κ1) is 11.9. The van der Waals surface area contributed by atoms with Gasteiger partial charge in [-0.05, 0) is 36.2 Å². The highest BCUT2D eigenvalue weighted by Gasteiger charge is 2.15. The molecule has 3 heterocycles. The smallest absolute Gasteiger partial charge is 0.248 e. The lowest BCUT2D eigenvalue weighted by Gasteiger charge is -2.06. The van der Waals surface area contributed by atoms with Crippen LogP contribution in [0.4, 0.5) is 0 Å². The Morgan fingerprint density at radius 3 is 3.00 bits per heavy atom. The fraction of sp³-hybridized carbons (Fsp3) is 0.0588. The minimum absolute atomic E-state index is 0.410. The second-order valence-corrected chi connectivity index (χ2v) is 5.16. The highest BCUT2D eigenvalue weighted by atomic mass is 16.1. The van der Waals surface area contributed by atoms with Crippen molar-refractivity contribution in [1.82, 2.24) is 9.55 Å². The van der Waals surface area contributed by atoms with Crippen molar-refractivity contribution in [1.29, 1.82) is 0 Å². The van der Waals surface area contributed by atoms with Crippen molar-refractivity contribution in [3.8, 4) is 11.3 Å². The van der Waals surface area contributed by atoms with E-state index in [1.807, 2.05) is 36.8 Å². The molecule has 1 aromatic carbocycles. The topological polar surface area (TPSA) is 60.9 Å². The van der Waals surface area contributed by atoms with E-state index in [0.717, 1.165) is 28.6 Å². The summed E-state index contributed by atoms with van der Waals surface area (Å²) in [7, 11) is 0. The Bertz CT molecular complexity index is 906. The normalized spacial score (nSPS) is 12.8. The Morgan fingerprint density at radius 1 is 1.24 bits per heavy atom. The van der Waals surface area contributed by atoms with Crippen molar-refractivity contribution in [2.75, 3.05) is 0 Å². The third-order valence-corrected chi connectivity index (χ3v) is 3.91. The first-order valence-electron chi connectivity index (χ1n) is 6.79. The van der Waals surface area contributed by atoms with Gasteiger partial charge in [-0.3, -0.25) is 9.78 Å². The van der Waals surface area contributed by atoms with E-state index in [0.29, 0.717) is 5.56 Å². The number of amides is 1. The molecule has 102 valence electrons. The average Bonchev–Trinajstić information content (AvgIpc) is 2.75. The van der Waals surface area contributed by atoms with Crippen LogP contribution in [0.3, 0.4) is 0 Å². The van der Waals surface area contributed by atoms with Crippen LogP contribution in [-0.2, 0) is 6.42 Å². The number of aromatic nitrogens is 2. The summed E-state index contributed by atoms with van der Waals surface area (Å²) in [5.74, 6) is -0.410. The molecule has 1 amide bonds. The highest BCUT2D eigenvalue weighted by molar-refractivity contribution is 5.99. The van der Waals surface area contributed by atoms with E-state index < -0.39 is 5.91 Å². The summed E-state index contributed by atoms with van der Waals surface area (Å²) in [6, 6.07) is 9.70. The van der Waals surface area contributed by atoms with Gasteiger partial charge in [-0.15, -0.1) is 0 Å². The second-order valence-electron chi connectivity index (χ2n) is 5.16. The van der Waals surface area contributed by atoms with Gasteiger partial charge in [0.05, 0.1) is 11.2 Å². The number of benzene rings is 1. The molecule has 0 saturated carbocycles. The third-order valence-electron chi connectivity index (χ3n) is 3.91. The molecule has 0 fully saturated rings. The molecule has 0 radical (unpaired) electrons. The van der Waals surface area contributed by atoms with Crippen molar-refractivity contribution < 1.29 is 4.79 Å². The number of primary amides is 1. The zero-order valence-electron chi connectivity index (χ0n) is 11.3. The third kappa shape index (κ3) is 1.76. The largest absolute Gasteiger partial charge is 0.366 e. The zero-order valence-corrected chi connectivity index (χ0v) is 11.3. The van der Waals surface area contributed by atoms with E-state index in [4.69, 9.17) is 5.73 Å². The van der Waals surface area contributed by atoms with Gasteiger partial charge in [0.15, 0.2) is 0 Å². The lowest BCUT2D eigenvalue weighted by Crippen LogP contribution is -2.10. The lowest BCUT2D eigenvalue weighted by atomic mass is 10.1. The van der Waals surface area contributed by atoms with Crippen molar-refractivity contribution in [3.05, 3.63) is 59.9 Å². The van der Waals surface area contributed by atoms with Gasteiger partial charge in [-0.1, -0.05) is 12.1 Å². The molecule has 21 heavy (non-hydrogen) atoms. The highest BCUT2D eigenvalue weighted by Crippen LogP contribution is 2.33. The molecule has 2 aromatic heterocycles. The Balaban J connectivity index is 2.06. The number of nitrogens with two attached hydrogens (primary N) is 1. The zero-order chi connectivity index (χ0) is 14.4. The van der Waals surface area contributed by atoms with Gasteiger partial charge in [0.2, 0.25) is 5.91 Å². The number of rotatable bonds is 1. The molecule has 4 nitrogen and oxygen atoms in total. The molecular formula is C17H13N3O. The summed E-state index contributed by atoms with van der Waals surface area (Å²) in [5, 5.41) is 1.08. The van der Waals surface area contributed by atoms with Crippen molar-refractivity contribution in [2.45, 2.75) is 6.42 Å². The Labute approximate surface area is 121 Å². The molecule has 4 heteroatoms. The fourth-order valence-electron chi connectivity index (χ4n) is 2.86. The predicted octanol–water partition coefficient (Wildman–Crippen LogP) is 2.83. The second kappa shape index (κ2) is 4.31. The Hall–Kier alpha value is -2.88. The van der Waals surface area contributed by atoms with Crippen LogP contribution in [0.25, 0.3) is 28.4 Å². The van der Waals surface area contributed by atoms with Gasteiger partial charge < -0.3 is 10.3 Å². The van der Waals surface area contributed by atoms with Gasteiger partial charge in [-0.2, -0.15) is 0 Å². The van der Waals surface area contributed by atoms with Gasteiger partial charge in [-0.25, -0.2) is 0 Å². The van der Waals surface area contributed by atoms with E-state index in [1.165, 1.54) is 5.56 Å². The average molecular weight is 275 g/mol. The van der Waals surface area contributed by atoms with E-state index >= 15 is 0 Å². The molecule has 1 aliphatic rings. The van der Waals surface area contributed by atoms with Crippen LogP contribution in [0.2, 0.25) is 0 Å². The Kier molecular flexibility index (Phi) is 2.44. The maximum atomic E-state index is 11.4. The maximum absolute atomic E-state index is 11.4. The molecule has 0 atom stereocenters. The molecule has 4 rings (SSSR count). The lowest BCUT2D eigenvalue weighted by molar-refractivity contribution is 0.100. The number of allylic oxidation sites excluding steroid dienone is 1. The van der Waals surface area contributed by atoms with Crippen LogP contribution in [0.15, 0.2) is 48.8 Å². The molecule has 3 aromatic rings. The molecule has 2 N–H and O–H groups in total. The number of fused-ring (bicyclic) bond motifs is 5. The molecule has 0 bridgehead atoms. The summed E-state index contributed by atoms with van der Waals surface area (Å²) < 4.78 is 2.09. The van der Waals surface area contributed by atoms with Gasteiger partial charge >= 0.3 is 0 Å². The number of hydrogen-bond donors (Lipinski definition) is 1. The van der Waals surface area contributed by atoms with Crippen molar-refractivity contribution >= 4 is 23.0 Å². The number of carbonyl (C=O) groups excluding carboxylic acids is 1. The number of hydrogen-bond acceptors (Lipinski definition) is 2. The predicted molar refractivity (Wildman–Crippen MR) is 82.7 cm³/mol. The van der Waals surface area contributed by atoms with Crippen LogP contribution in [0, 0.1) is 0 Å². The molecule has 0 unspecified atom stereocenters. The monoisotopic (exact) mass is 275 g/mol. The summed E-state index contributed by atoms with van der Waals surface area (Å²) in [6.45, 7) is 0. The first-order valence-corrected chi connectivity index (χ1v) is 6.79. The number of nitrogens with zero attached hydrogens (tertiary/aromatic N) is 2. The molecule has 0 aliphatic carbocycles. The molecule has 0 saturated heterocycles. The first-order chi connectivity index (χ1) is 10.2. The standard InChI is InChI=1S/C17H13N3O/c18-17(21)13-4-3-12-8-16-14-10-19-6-5-11(14)2-1-7-20(16)15(12)9-13/h1,3-10H,2H2,(H2,18,21). The van der Waals surface area contributed by atoms with E-state index in [2.05, 4.69) is 21.7 Å². The van der Waals surface area contributed by atoms with Crippen molar-refractivity contribution in [3.63, 3.8) is 0 Å². The van der Waals surface area contributed by atoms with Crippen LogP contribution in [0.5, 0.6) is 0 Å². The van der Waals surface area contributed by atoms with Gasteiger partial charge in [0.1, 0.15) is 0 Å². The summed E-state index contributed by atoms with van der Waals surface area (Å²) in [5.41, 5.74) is 10.3. The number of pyridine rings is 1. The minimum atomic E-state index is -0.410.